The number of amides is 1. The summed E-state index contributed by atoms with van der Waals surface area (Å²) in [4.78, 5) is 12.1. The standard InChI is InChI=1S/C9H17F3N2O3/c1-17-7(5-13)4-8(16)14(2-3-15)6-9(10,11)12/h7,15H,2-6,13H2,1H3. The Morgan fingerprint density at radius 2 is 2.12 bits per heavy atom. The Morgan fingerprint density at radius 1 is 1.53 bits per heavy atom. The Bertz CT molecular complexity index is 232. The first-order valence-electron chi connectivity index (χ1n) is 5.02. The number of rotatable bonds is 7. The van der Waals surface area contributed by atoms with E-state index < -0.39 is 31.3 Å². The molecule has 0 fully saturated rings. The van der Waals surface area contributed by atoms with Crippen LogP contribution in [0.3, 0.4) is 0 Å². The number of nitrogens with zero attached hydrogens (tertiary/aromatic N) is 1. The molecular weight excluding hydrogens is 241 g/mol. The summed E-state index contributed by atoms with van der Waals surface area (Å²) in [5.41, 5.74) is 5.27. The Balaban J connectivity index is 4.43. The number of ether oxygens (including phenoxy) is 1. The second-order valence-corrected chi connectivity index (χ2v) is 3.45. The fourth-order valence-corrected chi connectivity index (χ4v) is 1.22. The van der Waals surface area contributed by atoms with E-state index in [1.165, 1.54) is 7.11 Å². The maximum atomic E-state index is 12.2. The van der Waals surface area contributed by atoms with Crippen LogP contribution in [-0.4, -0.2) is 61.5 Å². The molecule has 0 aromatic heterocycles. The van der Waals surface area contributed by atoms with Gasteiger partial charge in [-0.1, -0.05) is 0 Å². The van der Waals surface area contributed by atoms with Gasteiger partial charge in [0, 0.05) is 20.2 Å². The summed E-state index contributed by atoms with van der Waals surface area (Å²) in [5, 5.41) is 8.61. The first-order chi connectivity index (χ1) is 7.84. The molecule has 0 aliphatic carbocycles. The zero-order valence-electron chi connectivity index (χ0n) is 9.54. The van der Waals surface area contributed by atoms with E-state index in [-0.39, 0.29) is 19.5 Å². The number of hydrogen-bond donors (Lipinski definition) is 2. The van der Waals surface area contributed by atoms with Gasteiger partial charge in [0.1, 0.15) is 6.54 Å². The number of aliphatic hydroxyl groups is 1. The van der Waals surface area contributed by atoms with Crippen LogP contribution < -0.4 is 5.73 Å². The summed E-state index contributed by atoms with van der Waals surface area (Å²) in [5.74, 6) is -0.742. The van der Waals surface area contributed by atoms with Crippen LogP contribution in [0.4, 0.5) is 13.2 Å². The molecule has 1 atom stereocenters. The summed E-state index contributed by atoms with van der Waals surface area (Å²) in [7, 11) is 1.32. The van der Waals surface area contributed by atoms with E-state index in [0.717, 1.165) is 0 Å². The largest absolute Gasteiger partial charge is 0.406 e. The Hall–Kier alpha value is -0.860. The lowest BCUT2D eigenvalue weighted by Gasteiger charge is -2.24. The number of hydrogen-bond acceptors (Lipinski definition) is 4. The van der Waals surface area contributed by atoms with Gasteiger partial charge in [0.25, 0.3) is 0 Å². The zero-order valence-corrected chi connectivity index (χ0v) is 9.54. The fourth-order valence-electron chi connectivity index (χ4n) is 1.22. The van der Waals surface area contributed by atoms with Crippen molar-refractivity contribution >= 4 is 5.91 Å². The highest BCUT2D eigenvalue weighted by Gasteiger charge is 2.33. The average Bonchev–Trinajstić information content (AvgIpc) is 2.23. The highest BCUT2D eigenvalue weighted by molar-refractivity contribution is 5.76. The van der Waals surface area contributed by atoms with E-state index in [9.17, 15) is 18.0 Å². The second-order valence-electron chi connectivity index (χ2n) is 3.45. The monoisotopic (exact) mass is 258 g/mol. The van der Waals surface area contributed by atoms with Crippen molar-refractivity contribution in [3.8, 4) is 0 Å². The first kappa shape index (κ1) is 16.1. The van der Waals surface area contributed by atoms with Crippen molar-refractivity contribution in [2.75, 3.05) is 33.4 Å². The molecule has 102 valence electrons. The van der Waals surface area contributed by atoms with E-state index in [4.69, 9.17) is 15.6 Å². The lowest BCUT2D eigenvalue weighted by atomic mass is 10.2. The number of alkyl halides is 3. The first-order valence-corrected chi connectivity index (χ1v) is 5.02. The average molecular weight is 258 g/mol. The highest BCUT2D eigenvalue weighted by atomic mass is 19.4. The molecule has 0 radical (unpaired) electrons. The Labute approximate surface area is 97.3 Å². The lowest BCUT2D eigenvalue weighted by molar-refractivity contribution is -0.163. The minimum Gasteiger partial charge on any atom is -0.395 e. The van der Waals surface area contributed by atoms with E-state index in [2.05, 4.69) is 0 Å². The van der Waals surface area contributed by atoms with Gasteiger partial charge in [0.05, 0.1) is 19.1 Å². The third-order valence-electron chi connectivity index (χ3n) is 2.09. The van der Waals surface area contributed by atoms with Gasteiger partial charge in [-0.3, -0.25) is 4.79 Å². The molecular formula is C9H17F3N2O3. The molecule has 0 rings (SSSR count). The molecule has 1 amide bonds. The number of halogens is 3. The predicted octanol–water partition coefficient (Wildman–Crippen LogP) is -0.267. The lowest BCUT2D eigenvalue weighted by Crippen LogP contribution is -2.42. The van der Waals surface area contributed by atoms with Crippen LogP contribution in [0.25, 0.3) is 0 Å². The summed E-state index contributed by atoms with van der Waals surface area (Å²) >= 11 is 0. The maximum Gasteiger partial charge on any atom is 0.406 e. The highest BCUT2D eigenvalue weighted by Crippen LogP contribution is 2.17. The molecule has 0 aliphatic rings. The Kier molecular flexibility index (Phi) is 7.09. The van der Waals surface area contributed by atoms with E-state index >= 15 is 0 Å². The number of carbonyl (C=O) groups is 1. The summed E-state index contributed by atoms with van der Waals surface area (Å²) < 4.78 is 41.3. The quantitative estimate of drug-likeness (QED) is 0.659. The zero-order chi connectivity index (χ0) is 13.5. The molecule has 0 bridgehead atoms. The molecule has 1 unspecified atom stereocenters. The molecule has 0 aromatic rings. The van der Waals surface area contributed by atoms with Gasteiger partial charge in [0.15, 0.2) is 0 Å². The number of nitrogens with two attached hydrogens (primary N) is 1. The van der Waals surface area contributed by atoms with Crippen molar-refractivity contribution in [3.63, 3.8) is 0 Å². The van der Waals surface area contributed by atoms with Gasteiger partial charge in [-0.15, -0.1) is 0 Å². The van der Waals surface area contributed by atoms with Gasteiger partial charge in [0.2, 0.25) is 5.91 Å². The minimum absolute atomic E-state index is 0.0429. The van der Waals surface area contributed by atoms with Gasteiger partial charge in [-0.05, 0) is 0 Å². The van der Waals surface area contributed by atoms with Crippen molar-refractivity contribution in [2.45, 2.75) is 18.7 Å². The fraction of sp³-hybridized carbons (Fsp3) is 0.889. The van der Waals surface area contributed by atoms with Crippen molar-refractivity contribution < 1.29 is 27.8 Å². The van der Waals surface area contributed by atoms with Gasteiger partial charge >= 0.3 is 6.18 Å². The van der Waals surface area contributed by atoms with Crippen molar-refractivity contribution in [1.29, 1.82) is 0 Å². The van der Waals surface area contributed by atoms with Crippen LogP contribution in [0.1, 0.15) is 6.42 Å². The number of carbonyl (C=O) groups excluding carboxylic acids is 1. The third kappa shape index (κ3) is 7.14. The summed E-state index contributed by atoms with van der Waals surface area (Å²) in [6.45, 7) is -2.23. The van der Waals surface area contributed by atoms with Gasteiger partial charge < -0.3 is 20.5 Å². The smallest absolute Gasteiger partial charge is 0.395 e. The SMILES string of the molecule is COC(CN)CC(=O)N(CCO)CC(F)(F)F. The van der Waals surface area contributed by atoms with E-state index in [0.29, 0.717) is 4.90 Å². The topological polar surface area (TPSA) is 75.8 Å². The van der Waals surface area contributed by atoms with Crippen LogP contribution in [0, 0.1) is 0 Å². The van der Waals surface area contributed by atoms with E-state index in [1.807, 2.05) is 0 Å². The molecule has 0 saturated carbocycles. The van der Waals surface area contributed by atoms with Gasteiger partial charge in [-0.25, -0.2) is 0 Å². The Morgan fingerprint density at radius 3 is 2.47 bits per heavy atom. The molecule has 8 heteroatoms. The maximum absolute atomic E-state index is 12.2. The van der Waals surface area contributed by atoms with Crippen molar-refractivity contribution in [1.82, 2.24) is 4.90 Å². The van der Waals surface area contributed by atoms with Crippen molar-refractivity contribution in [3.05, 3.63) is 0 Å². The van der Waals surface area contributed by atoms with Crippen LogP contribution in [0.5, 0.6) is 0 Å². The second kappa shape index (κ2) is 7.46. The molecule has 0 aromatic carbocycles. The normalized spacial score (nSPS) is 13.5. The van der Waals surface area contributed by atoms with Gasteiger partial charge in [-0.2, -0.15) is 13.2 Å². The number of aliphatic hydroxyl groups excluding tert-OH is 1. The molecule has 0 spiro atoms. The van der Waals surface area contributed by atoms with Crippen molar-refractivity contribution in [2.24, 2.45) is 5.73 Å². The molecule has 0 aliphatic heterocycles. The molecule has 17 heavy (non-hydrogen) atoms. The van der Waals surface area contributed by atoms with Crippen LogP contribution >= 0.6 is 0 Å². The summed E-state index contributed by atoms with van der Waals surface area (Å²) in [6.07, 6.45) is -5.34. The molecule has 3 N–H and O–H groups in total. The molecule has 5 nitrogen and oxygen atoms in total. The van der Waals surface area contributed by atoms with Crippen LogP contribution in [-0.2, 0) is 9.53 Å². The molecule has 0 heterocycles. The van der Waals surface area contributed by atoms with Crippen LogP contribution in [0.2, 0.25) is 0 Å². The predicted molar refractivity (Wildman–Crippen MR) is 54.2 cm³/mol. The van der Waals surface area contributed by atoms with E-state index in [1.54, 1.807) is 0 Å². The van der Waals surface area contributed by atoms with Crippen LogP contribution in [0.15, 0.2) is 0 Å². The third-order valence-corrected chi connectivity index (χ3v) is 2.09. The number of methoxy groups -OCH3 is 1. The molecule has 0 saturated heterocycles. The summed E-state index contributed by atoms with van der Waals surface area (Å²) in [6, 6.07) is 0. The minimum atomic E-state index is -4.49.